The average molecular weight is 292 g/mol. The molecule has 0 aromatic rings. The fourth-order valence-corrected chi connectivity index (χ4v) is 2.75. The third-order valence-corrected chi connectivity index (χ3v) is 5.01. The molecule has 1 fully saturated rings. The number of hydrogen-bond acceptors (Lipinski definition) is 5. The van der Waals surface area contributed by atoms with E-state index in [0.717, 1.165) is 0 Å². The molecule has 1 unspecified atom stereocenters. The lowest BCUT2D eigenvalue weighted by atomic mass is 10.2. The predicted octanol–water partition coefficient (Wildman–Crippen LogP) is -0.664. The maximum atomic E-state index is 11.8. The van der Waals surface area contributed by atoms with Crippen LogP contribution in [0.3, 0.4) is 0 Å². The quantitative estimate of drug-likeness (QED) is 0.703. The molecule has 1 heterocycles. The highest BCUT2D eigenvalue weighted by Gasteiger charge is 2.25. The summed E-state index contributed by atoms with van der Waals surface area (Å²) in [5.41, 5.74) is 0. The van der Waals surface area contributed by atoms with Crippen LogP contribution in [0.5, 0.6) is 0 Å². The Morgan fingerprint density at radius 3 is 2.26 bits per heavy atom. The van der Waals surface area contributed by atoms with Crippen LogP contribution < -0.4 is 0 Å². The van der Waals surface area contributed by atoms with Gasteiger partial charge in [0.1, 0.15) is 5.75 Å². The molecule has 1 rings (SSSR count). The van der Waals surface area contributed by atoms with E-state index < -0.39 is 9.84 Å². The van der Waals surface area contributed by atoms with E-state index in [-0.39, 0.29) is 23.5 Å². The lowest BCUT2D eigenvalue weighted by Gasteiger charge is -2.35. The molecule has 7 heteroatoms. The Labute approximate surface area is 115 Å². The van der Waals surface area contributed by atoms with Crippen LogP contribution in [0, 0.1) is 0 Å². The van der Waals surface area contributed by atoms with Gasteiger partial charge in [0.2, 0.25) is 5.91 Å². The highest BCUT2D eigenvalue weighted by molar-refractivity contribution is 7.92. The number of sulfone groups is 1. The molecule has 0 aromatic heterocycles. The van der Waals surface area contributed by atoms with E-state index >= 15 is 0 Å². The van der Waals surface area contributed by atoms with E-state index in [9.17, 15) is 18.3 Å². The molecule has 0 aliphatic carbocycles. The van der Waals surface area contributed by atoms with Crippen LogP contribution >= 0.6 is 0 Å². The molecule has 0 spiro atoms. The summed E-state index contributed by atoms with van der Waals surface area (Å²) >= 11 is 0. The summed E-state index contributed by atoms with van der Waals surface area (Å²) < 4.78 is 22.8. The van der Waals surface area contributed by atoms with Crippen molar-refractivity contribution >= 4 is 15.7 Å². The molecular formula is C12H24N2O4S. The van der Waals surface area contributed by atoms with Crippen LogP contribution in [-0.4, -0.2) is 79.6 Å². The van der Waals surface area contributed by atoms with Crippen LogP contribution in [-0.2, 0) is 14.6 Å². The second kappa shape index (κ2) is 7.21. The van der Waals surface area contributed by atoms with Gasteiger partial charge >= 0.3 is 0 Å². The number of aliphatic hydroxyl groups is 1. The zero-order valence-electron chi connectivity index (χ0n) is 11.7. The van der Waals surface area contributed by atoms with Gasteiger partial charge in [-0.2, -0.15) is 0 Å². The van der Waals surface area contributed by atoms with E-state index in [1.54, 1.807) is 11.8 Å². The van der Waals surface area contributed by atoms with Gasteiger partial charge in [0.15, 0.2) is 9.84 Å². The molecule has 0 saturated carbocycles. The van der Waals surface area contributed by atoms with Crippen molar-refractivity contribution in [2.45, 2.75) is 26.4 Å². The van der Waals surface area contributed by atoms with Gasteiger partial charge < -0.3 is 10.0 Å². The Morgan fingerprint density at radius 1 is 1.21 bits per heavy atom. The Hall–Kier alpha value is -0.660. The van der Waals surface area contributed by atoms with E-state index in [2.05, 4.69) is 4.90 Å². The standard InChI is InChI=1S/C12H24N2O4S/c1-3-11(15)9-13-5-7-14(8-6-13)12(16)10-19(17,18)4-2/h11,15H,3-10H2,1-2H3. The van der Waals surface area contributed by atoms with Crippen molar-refractivity contribution in [2.75, 3.05) is 44.2 Å². The number of carbonyl (C=O) groups is 1. The summed E-state index contributed by atoms with van der Waals surface area (Å²) in [4.78, 5) is 15.5. The number of nitrogens with zero attached hydrogens (tertiary/aromatic N) is 2. The molecule has 1 atom stereocenters. The van der Waals surface area contributed by atoms with Gasteiger partial charge in [-0.15, -0.1) is 0 Å². The lowest BCUT2D eigenvalue weighted by molar-refractivity contribution is -0.130. The summed E-state index contributed by atoms with van der Waals surface area (Å²) in [6.07, 6.45) is 0.385. The minimum atomic E-state index is -3.25. The molecule has 0 bridgehead atoms. The highest BCUT2D eigenvalue weighted by Crippen LogP contribution is 2.05. The summed E-state index contributed by atoms with van der Waals surface area (Å²) in [5, 5.41) is 9.57. The first kappa shape index (κ1) is 16.4. The number of amides is 1. The van der Waals surface area contributed by atoms with E-state index in [1.807, 2.05) is 6.92 Å². The van der Waals surface area contributed by atoms with E-state index in [1.165, 1.54) is 0 Å². The van der Waals surface area contributed by atoms with Crippen LogP contribution in [0.15, 0.2) is 0 Å². The van der Waals surface area contributed by atoms with Gasteiger partial charge in [-0.05, 0) is 6.42 Å². The molecule has 1 aliphatic rings. The Balaban J connectivity index is 2.39. The Bertz CT molecular complexity index is 389. The molecule has 0 radical (unpaired) electrons. The summed E-state index contributed by atoms with van der Waals surface area (Å²) in [5.74, 6) is -0.694. The van der Waals surface area contributed by atoms with Gasteiger partial charge in [-0.3, -0.25) is 9.69 Å². The van der Waals surface area contributed by atoms with Gasteiger partial charge in [0.25, 0.3) is 0 Å². The van der Waals surface area contributed by atoms with Gasteiger partial charge in [0, 0.05) is 38.5 Å². The molecule has 19 heavy (non-hydrogen) atoms. The zero-order chi connectivity index (χ0) is 14.5. The minimum Gasteiger partial charge on any atom is -0.392 e. The summed E-state index contributed by atoms with van der Waals surface area (Å²) in [6, 6.07) is 0. The van der Waals surface area contributed by atoms with Crippen LogP contribution in [0.2, 0.25) is 0 Å². The SMILES string of the molecule is CCC(O)CN1CCN(C(=O)CS(=O)(=O)CC)CC1. The topological polar surface area (TPSA) is 77.9 Å². The van der Waals surface area contributed by atoms with Crippen LogP contribution in [0.25, 0.3) is 0 Å². The minimum absolute atomic E-state index is 0.00139. The van der Waals surface area contributed by atoms with E-state index in [0.29, 0.717) is 39.1 Å². The van der Waals surface area contributed by atoms with Crippen molar-refractivity contribution in [3.8, 4) is 0 Å². The molecule has 1 amide bonds. The van der Waals surface area contributed by atoms with Crippen LogP contribution in [0.1, 0.15) is 20.3 Å². The first-order valence-electron chi connectivity index (χ1n) is 6.76. The van der Waals surface area contributed by atoms with Crippen molar-refractivity contribution in [3.63, 3.8) is 0 Å². The van der Waals surface area contributed by atoms with Gasteiger partial charge in [-0.1, -0.05) is 13.8 Å². The van der Waals surface area contributed by atoms with E-state index in [4.69, 9.17) is 0 Å². The molecule has 112 valence electrons. The molecular weight excluding hydrogens is 268 g/mol. The van der Waals surface area contributed by atoms with Crippen LogP contribution in [0.4, 0.5) is 0 Å². The first-order chi connectivity index (χ1) is 8.88. The molecule has 1 aliphatic heterocycles. The number of hydrogen-bond donors (Lipinski definition) is 1. The second-order valence-corrected chi connectivity index (χ2v) is 7.27. The maximum Gasteiger partial charge on any atom is 0.237 e. The van der Waals surface area contributed by atoms with Gasteiger partial charge in [-0.25, -0.2) is 8.42 Å². The van der Waals surface area contributed by atoms with Crippen molar-refractivity contribution in [2.24, 2.45) is 0 Å². The van der Waals surface area contributed by atoms with Crippen molar-refractivity contribution in [3.05, 3.63) is 0 Å². The fraction of sp³-hybridized carbons (Fsp3) is 0.917. The van der Waals surface area contributed by atoms with Crippen molar-refractivity contribution in [1.82, 2.24) is 9.80 Å². The second-order valence-electron chi connectivity index (χ2n) is 4.92. The maximum absolute atomic E-state index is 11.8. The number of carbonyl (C=O) groups excluding carboxylic acids is 1. The van der Waals surface area contributed by atoms with Gasteiger partial charge in [0.05, 0.1) is 6.10 Å². The molecule has 0 aromatic carbocycles. The molecule has 6 nitrogen and oxygen atoms in total. The lowest BCUT2D eigenvalue weighted by Crippen LogP contribution is -2.51. The average Bonchev–Trinajstić information content (AvgIpc) is 2.39. The number of aliphatic hydroxyl groups excluding tert-OH is 1. The summed E-state index contributed by atoms with van der Waals surface area (Å²) in [7, 11) is -3.25. The monoisotopic (exact) mass is 292 g/mol. The third-order valence-electron chi connectivity index (χ3n) is 3.45. The normalized spacial score (nSPS) is 19.4. The Morgan fingerprint density at radius 2 is 1.79 bits per heavy atom. The number of piperazine rings is 1. The Kier molecular flexibility index (Phi) is 6.22. The molecule has 1 saturated heterocycles. The smallest absolute Gasteiger partial charge is 0.237 e. The fourth-order valence-electron chi connectivity index (χ4n) is 1.99. The largest absolute Gasteiger partial charge is 0.392 e. The van der Waals surface area contributed by atoms with Crippen molar-refractivity contribution in [1.29, 1.82) is 0 Å². The summed E-state index contributed by atoms with van der Waals surface area (Å²) in [6.45, 7) is 6.55. The predicted molar refractivity (Wildman–Crippen MR) is 73.6 cm³/mol. The number of rotatable bonds is 6. The zero-order valence-corrected chi connectivity index (χ0v) is 12.5. The first-order valence-corrected chi connectivity index (χ1v) is 8.58. The number of β-amino-alcohol motifs (C(OH)–C–C–N with tert-alkyl or cyclic N) is 1. The highest BCUT2D eigenvalue weighted by atomic mass is 32.2. The molecule has 1 N–H and O–H groups in total. The third kappa shape index (κ3) is 5.46. The van der Waals surface area contributed by atoms with Crippen molar-refractivity contribution < 1.29 is 18.3 Å².